The molecule has 0 fully saturated rings. The van der Waals surface area contributed by atoms with Crippen LogP contribution < -0.4 is 9.64 Å². The van der Waals surface area contributed by atoms with Gasteiger partial charge in [-0.25, -0.2) is 9.59 Å². The molecule has 0 aliphatic carbocycles. The molecule has 1 aliphatic heterocycles. The van der Waals surface area contributed by atoms with Crippen molar-refractivity contribution in [2.75, 3.05) is 19.1 Å². The molecule has 0 unspecified atom stereocenters. The third kappa shape index (κ3) is 5.13. The van der Waals surface area contributed by atoms with E-state index in [1.54, 1.807) is 0 Å². The van der Waals surface area contributed by atoms with Crippen molar-refractivity contribution in [3.8, 4) is 5.75 Å². The van der Waals surface area contributed by atoms with Gasteiger partial charge >= 0.3 is 24.5 Å². The Balaban J connectivity index is 2.75. The topological polar surface area (TPSA) is 65.1 Å². The summed E-state index contributed by atoms with van der Waals surface area (Å²) in [7, 11) is 1.93. The number of hydrogen-bond acceptors (Lipinski definition) is 6. The van der Waals surface area contributed by atoms with Crippen molar-refractivity contribution in [2.45, 2.75) is 12.5 Å². The molecule has 0 spiro atoms. The van der Waals surface area contributed by atoms with Crippen LogP contribution in [0.3, 0.4) is 0 Å². The van der Waals surface area contributed by atoms with E-state index in [4.69, 9.17) is 0 Å². The molecule has 12 heteroatoms. The van der Waals surface area contributed by atoms with Gasteiger partial charge in [-0.3, -0.25) is 0 Å². The summed E-state index contributed by atoms with van der Waals surface area (Å²) >= 11 is 0. The van der Waals surface area contributed by atoms with Crippen LogP contribution in [-0.2, 0) is 25.2 Å². The summed E-state index contributed by atoms with van der Waals surface area (Å²) in [6, 6.07) is 1.43. The number of anilines is 1. The Bertz CT molecular complexity index is 930. The van der Waals surface area contributed by atoms with E-state index < -0.39 is 52.7 Å². The third-order valence-electron chi connectivity index (χ3n) is 3.66. The van der Waals surface area contributed by atoms with E-state index >= 15 is 0 Å². The Morgan fingerprint density at radius 2 is 1.57 bits per heavy atom. The molecular weight excluding hydrogens is 424 g/mol. The first kappa shape index (κ1) is 22.8. The summed E-state index contributed by atoms with van der Waals surface area (Å²) in [5.41, 5.74) is -3.37. The second kappa shape index (κ2) is 8.51. The van der Waals surface area contributed by atoms with Crippen LogP contribution in [-0.4, -0.2) is 32.5 Å². The fourth-order valence-electron chi connectivity index (χ4n) is 2.50. The predicted octanol–water partition coefficient (Wildman–Crippen LogP) is 4.09. The van der Waals surface area contributed by atoms with Gasteiger partial charge in [-0.2, -0.15) is 13.2 Å². The summed E-state index contributed by atoms with van der Waals surface area (Å²) in [5, 5.41) is 0. The number of alkyl halides is 6. The summed E-state index contributed by atoms with van der Waals surface area (Å²) < 4.78 is 90.8. The van der Waals surface area contributed by atoms with Gasteiger partial charge in [0.05, 0.1) is 31.0 Å². The van der Waals surface area contributed by atoms with E-state index in [0.29, 0.717) is 17.0 Å². The second-order valence-electron chi connectivity index (χ2n) is 5.54. The Kier molecular flexibility index (Phi) is 6.48. The number of ether oxygens (including phenoxy) is 3. The molecule has 1 heterocycles. The summed E-state index contributed by atoms with van der Waals surface area (Å²) in [5.74, 6) is -3.35. The molecule has 0 radical (unpaired) electrons. The number of nitrogens with zero attached hydrogens (tertiary/aromatic N) is 1. The van der Waals surface area contributed by atoms with Crippen LogP contribution in [0.2, 0.25) is 0 Å². The van der Waals surface area contributed by atoms with Crippen LogP contribution in [0.1, 0.15) is 5.56 Å². The molecular formula is C18H13F6NO5. The van der Waals surface area contributed by atoms with E-state index in [1.165, 1.54) is 12.2 Å². The van der Waals surface area contributed by atoms with E-state index in [9.17, 15) is 35.9 Å². The fraction of sp³-hybridized carbons (Fsp3) is 0.222. The first-order chi connectivity index (χ1) is 13.9. The zero-order valence-electron chi connectivity index (χ0n) is 15.3. The fourth-order valence-corrected chi connectivity index (χ4v) is 2.50. The molecule has 1 aliphatic rings. The zero-order chi connectivity index (χ0) is 22.7. The molecule has 0 atom stereocenters. The van der Waals surface area contributed by atoms with Crippen LogP contribution in [0.4, 0.5) is 32.0 Å². The minimum Gasteiger partial charge on any atom is -0.465 e. The lowest BCUT2D eigenvalue weighted by atomic mass is 10.1. The number of halogens is 6. The van der Waals surface area contributed by atoms with Crippen LogP contribution in [0.15, 0.2) is 53.9 Å². The number of carbonyl (C=O) groups is 2. The molecule has 0 saturated heterocycles. The van der Waals surface area contributed by atoms with Crippen molar-refractivity contribution in [3.05, 3.63) is 59.5 Å². The maximum atomic E-state index is 13.6. The van der Waals surface area contributed by atoms with Gasteiger partial charge in [0.2, 0.25) is 0 Å². The number of methoxy groups -OCH3 is 2. The molecule has 6 nitrogen and oxygen atoms in total. The molecule has 0 bridgehead atoms. The van der Waals surface area contributed by atoms with Crippen molar-refractivity contribution in [3.63, 3.8) is 0 Å². The van der Waals surface area contributed by atoms with Crippen LogP contribution in [0.25, 0.3) is 0 Å². The van der Waals surface area contributed by atoms with Crippen molar-refractivity contribution in [1.82, 2.24) is 0 Å². The lowest BCUT2D eigenvalue weighted by molar-refractivity contribution is -0.274. The average Bonchev–Trinajstić information content (AvgIpc) is 2.87. The number of carbonyl (C=O) groups excluding carboxylic acids is 2. The molecule has 30 heavy (non-hydrogen) atoms. The van der Waals surface area contributed by atoms with Crippen molar-refractivity contribution in [2.24, 2.45) is 0 Å². The van der Waals surface area contributed by atoms with Gasteiger partial charge < -0.3 is 19.1 Å². The molecule has 0 N–H and O–H groups in total. The van der Waals surface area contributed by atoms with Gasteiger partial charge in [0, 0.05) is 6.20 Å². The number of benzene rings is 1. The number of hydrogen-bond donors (Lipinski definition) is 0. The lowest BCUT2D eigenvalue weighted by Crippen LogP contribution is -2.28. The Hall–Kier alpha value is -3.44. The summed E-state index contributed by atoms with van der Waals surface area (Å²) in [4.78, 5) is 25.0. The van der Waals surface area contributed by atoms with E-state index in [1.807, 2.05) is 0 Å². The predicted molar refractivity (Wildman–Crippen MR) is 89.9 cm³/mol. The van der Waals surface area contributed by atoms with Gasteiger partial charge in [0.15, 0.2) is 0 Å². The zero-order valence-corrected chi connectivity index (χ0v) is 15.3. The van der Waals surface area contributed by atoms with E-state index in [-0.39, 0.29) is 6.07 Å². The molecule has 0 saturated carbocycles. The molecule has 1 aromatic carbocycles. The SMILES string of the molecule is COC(=O)C1=C(C(=O)OC)N(c2ccc(OC(F)(F)F)cc2C(F)(F)F)C=CC=C1. The maximum Gasteiger partial charge on any atom is 0.573 e. The largest absolute Gasteiger partial charge is 0.573 e. The quantitative estimate of drug-likeness (QED) is 0.522. The number of esters is 2. The first-order valence-electron chi connectivity index (χ1n) is 7.91. The van der Waals surface area contributed by atoms with Gasteiger partial charge in [-0.05, 0) is 30.4 Å². The molecule has 0 aromatic heterocycles. The normalized spacial score (nSPS) is 14.5. The van der Waals surface area contributed by atoms with Crippen LogP contribution in [0, 0.1) is 0 Å². The third-order valence-corrected chi connectivity index (χ3v) is 3.66. The highest BCUT2D eigenvalue weighted by Crippen LogP contribution is 2.41. The van der Waals surface area contributed by atoms with Crippen molar-refractivity contribution in [1.29, 1.82) is 0 Å². The van der Waals surface area contributed by atoms with E-state index in [0.717, 1.165) is 26.5 Å². The van der Waals surface area contributed by atoms with Gasteiger partial charge in [-0.1, -0.05) is 6.08 Å². The first-order valence-corrected chi connectivity index (χ1v) is 7.91. The average molecular weight is 437 g/mol. The molecule has 162 valence electrons. The van der Waals surface area contributed by atoms with Gasteiger partial charge in [0.1, 0.15) is 11.4 Å². The summed E-state index contributed by atoms with van der Waals surface area (Å²) in [6.45, 7) is 0. The van der Waals surface area contributed by atoms with Crippen molar-refractivity contribution >= 4 is 17.6 Å². The highest BCUT2D eigenvalue weighted by Gasteiger charge is 2.39. The highest BCUT2D eigenvalue weighted by atomic mass is 19.4. The summed E-state index contributed by atoms with van der Waals surface area (Å²) in [6.07, 6.45) is -5.77. The van der Waals surface area contributed by atoms with Crippen LogP contribution in [0.5, 0.6) is 5.75 Å². The monoisotopic (exact) mass is 437 g/mol. The van der Waals surface area contributed by atoms with Crippen LogP contribution >= 0.6 is 0 Å². The number of rotatable bonds is 4. The Morgan fingerprint density at radius 3 is 2.10 bits per heavy atom. The van der Waals surface area contributed by atoms with Gasteiger partial charge in [0.25, 0.3) is 0 Å². The highest BCUT2D eigenvalue weighted by molar-refractivity contribution is 6.05. The molecule has 0 amide bonds. The minimum absolute atomic E-state index is 0.127. The maximum absolute atomic E-state index is 13.6. The molecule has 1 aromatic rings. The minimum atomic E-state index is -5.22. The molecule has 2 rings (SSSR count). The lowest BCUT2D eigenvalue weighted by Gasteiger charge is -2.26. The Labute approximate surface area is 165 Å². The van der Waals surface area contributed by atoms with Crippen molar-refractivity contribution < 1.29 is 50.1 Å². The Morgan fingerprint density at radius 1 is 0.933 bits per heavy atom. The standard InChI is InChI=1S/C18H13F6NO5/c1-28-15(26)11-5-3-4-8-25(14(11)16(27)29-2)13-7-6-10(30-18(22,23)24)9-12(13)17(19,20)21/h3-9H,1-2H3. The van der Waals surface area contributed by atoms with E-state index in [2.05, 4.69) is 14.2 Å². The second-order valence-corrected chi connectivity index (χ2v) is 5.54. The number of allylic oxidation sites excluding steroid dienone is 2. The smallest absolute Gasteiger partial charge is 0.465 e. The van der Waals surface area contributed by atoms with Gasteiger partial charge in [-0.15, -0.1) is 13.2 Å².